The van der Waals surface area contributed by atoms with Crippen LogP contribution in [0.15, 0.2) is 42.5 Å². The Morgan fingerprint density at radius 1 is 1.33 bits per heavy atom. The molecule has 3 rings (SSSR count). The Morgan fingerprint density at radius 2 is 2.19 bits per heavy atom. The summed E-state index contributed by atoms with van der Waals surface area (Å²) in [7, 11) is 0. The molecule has 1 N–H and O–H groups in total. The van der Waals surface area contributed by atoms with Crippen molar-refractivity contribution in [3.63, 3.8) is 0 Å². The second-order valence-corrected chi connectivity index (χ2v) is 6.75. The summed E-state index contributed by atoms with van der Waals surface area (Å²) < 4.78 is 5.76. The van der Waals surface area contributed by atoms with Crippen molar-refractivity contribution in [3.05, 3.63) is 53.7 Å². The first-order valence-electron chi connectivity index (χ1n) is 9.24. The molecular weight excluding hydrogens is 340 g/mol. The fourth-order valence-electron chi connectivity index (χ4n) is 3.28. The number of para-hydroxylation sites is 1. The number of carbonyl (C=O) groups is 1. The summed E-state index contributed by atoms with van der Waals surface area (Å²) in [5.74, 6) is 1.19. The van der Waals surface area contributed by atoms with Crippen LogP contribution in [0.5, 0.6) is 5.75 Å². The maximum absolute atomic E-state index is 12.6. The molecule has 0 saturated carbocycles. The van der Waals surface area contributed by atoms with Crippen LogP contribution in [0.25, 0.3) is 0 Å². The van der Waals surface area contributed by atoms with E-state index in [4.69, 9.17) is 10.00 Å². The quantitative estimate of drug-likeness (QED) is 0.852. The Kier molecular flexibility index (Phi) is 6.39. The van der Waals surface area contributed by atoms with E-state index in [1.54, 1.807) is 12.1 Å². The van der Waals surface area contributed by atoms with Crippen LogP contribution in [-0.2, 0) is 4.79 Å². The zero-order chi connectivity index (χ0) is 19.1. The lowest BCUT2D eigenvalue weighted by Crippen LogP contribution is -2.42. The van der Waals surface area contributed by atoms with Gasteiger partial charge in [0.2, 0.25) is 5.91 Å². The van der Waals surface area contributed by atoms with Crippen LogP contribution in [0.3, 0.4) is 0 Å². The van der Waals surface area contributed by atoms with E-state index in [1.807, 2.05) is 37.3 Å². The molecule has 1 saturated heterocycles. The summed E-state index contributed by atoms with van der Waals surface area (Å²) in [5.41, 5.74) is 1.42. The highest BCUT2D eigenvalue weighted by Crippen LogP contribution is 2.19. The molecule has 27 heavy (non-hydrogen) atoms. The minimum atomic E-state index is -0.0487. The van der Waals surface area contributed by atoms with Crippen LogP contribution >= 0.6 is 0 Å². The summed E-state index contributed by atoms with van der Waals surface area (Å²) in [4.78, 5) is 19.1. The molecule has 140 valence electrons. The molecule has 1 aliphatic heterocycles. The molecule has 2 heterocycles. The molecule has 1 aromatic heterocycles. The molecule has 6 nitrogen and oxygen atoms in total. The molecule has 6 heteroatoms. The average Bonchev–Trinajstić information content (AvgIpc) is 2.68. The highest BCUT2D eigenvalue weighted by Gasteiger charge is 2.26. The number of amides is 1. The van der Waals surface area contributed by atoms with Crippen molar-refractivity contribution in [1.82, 2.24) is 9.88 Å². The summed E-state index contributed by atoms with van der Waals surface area (Å²) in [6, 6.07) is 15.0. The minimum Gasteiger partial charge on any atom is -0.491 e. The normalized spacial score (nSPS) is 17.1. The predicted molar refractivity (Wildman–Crippen MR) is 103 cm³/mol. The van der Waals surface area contributed by atoms with Crippen molar-refractivity contribution in [1.29, 1.82) is 5.26 Å². The average molecular weight is 364 g/mol. The maximum Gasteiger partial charge on any atom is 0.229 e. The van der Waals surface area contributed by atoms with Crippen LogP contribution in [0.4, 0.5) is 5.82 Å². The number of likely N-dealkylation sites (tertiary alicyclic amines) is 1. The van der Waals surface area contributed by atoms with Crippen LogP contribution in [0.1, 0.15) is 24.1 Å². The molecule has 0 radical (unpaired) electrons. The zero-order valence-electron chi connectivity index (χ0n) is 15.5. The zero-order valence-corrected chi connectivity index (χ0v) is 15.5. The number of hydrogen-bond donors (Lipinski definition) is 1. The number of nitrogens with one attached hydrogen (secondary N) is 1. The number of pyridine rings is 1. The van der Waals surface area contributed by atoms with Gasteiger partial charge in [-0.3, -0.25) is 9.69 Å². The van der Waals surface area contributed by atoms with Gasteiger partial charge in [-0.1, -0.05) is 18.2 Å². The number of ether oxygens (including phenoxy) is 1. The van der Waals surface area contributed by atoms with Gasteiger partial charge in [-0.25, -0.2) is 4.98 Å². The highest BCUT2D eigenvalue weighted by atomic mass is 16.5. The lowest BCUT2D eigenvalue weighted by atomic mass is 9.97. The van der Waals surface area contributed by atoms with E-state index in [2.05, 4.69) is 21.3 Å². The van der Waals surface area contributed by atoms with Gasteiger partial charge >= 0.3 is 0 Å². The van der Waals surface area contributed by atoms with Crippen molar-refractivity contribution in [3.8, 4) is 11.8 Å². The lowest BCUT2D eigenvalue weighted by molar-refractivity contribution is -0.121. The van der Waals surface area contributed by atoms with Gasteiger partial charge in [-0.2, -0.15) is 5.26 Å². The fourth-order valence-corrected chi connectivity index (χ4v) is 3.28. The fraction of sp³-hybridized carbons (Fsp3) is 0.381. The van der Waals surface area contributed by atoms with E-state index in [-0.39, 0.29) is 11.8 Å². The van der Waals surface area contributed by atoms with Crippen molar-refractivity contribution in [2.45, 2.75) is 19.8 Å². The van der Waals surface area contributed by atoms with E-state index in [9.17, 15) is 4.79 Å². The molecule has 1 aliphatic rings. The number of nitriles is 1. The molecule has 1 atom stereocenters. The van der Waals surface area contributed by atoms with E-state index >= 15 is 0 Å². The first kappa shape index (κ1) is 18.9. The highest BCUT2D eigenvalue weighted by molar-refractivity contribution is 5.91. The topological polar surface area (TPSA) is 78.3 Å². The molecule has 1 unspecified atom stereocenters. The minimum absolute atomic E-state index is 0.0218. The number of aromatic nitrogens is 1. The summed E-state index contributed by atoms with van der Waals surface area (Å²) in [5, 5.41) is 12.0. The third-order valence-corrected chi connectivity index (χ3v) is 4.69. The number of rotatable bonds is 6. The largest absolute Gasteiger partial charge is 0.491 e. The number of piperidine rings is 1. The standard InChI is InChI=1S/C21H24N4O2/c1-16-6-4-10-20(23-16)24-21(26)18-8-5-11-25(15-18)12-13-27-19-9-3-2-7-17(19)14-22/h2-4,6-7,9-10,18H,5,8,11-13,15H2,1H3,(H,23,24,26). The Morgan fingerprint density at radius 3 is 3.00 bits per heavy atom. The van der Waals surface area contributed by atoms with Gasteiger partial charge < -0.3 is 10.1 Å². The van der Waals surface area contributed by atoms with Crippen LogP contribution < -0.4 is 10.1 Å². The Bertz CT molecular complexity index is 831. The molecule has 0 aliphatic carbocycles. The molecule has 1 amide bonds. The Balaban J connectivity index is 1.49. The number of benzene rings is 1. The van der Waals surface area contributed by atoms with Gasteiger partial charge in [0, 0.05) is 18.8 Å². The molecule has 0 bridgehead atoms. The van der Waals surface area contributed by atoms with Crippen LogP contribution in [0.2, 0.25) is 0 Å². The van der Waals surface area contributed by atoms with Gasteiger partial charge in [0.1, 0.15) is 24.2 Å². The van der Waals surface area contributed by atoms with Crippen LogP contribution in [0, 0.1) is 24.2 Å². The number of anilines is 1. The van der Waals surface area contributed by atoms with Gasteiger partial charge in [-0.15, -0.1) is 0 Å². The predicted octanol–water partition coefficient (Wildman–Crippen LogP) is 2.99. The molecular formula is C21H24N4O2. The molecule has 2 aromatic rings. The van der Waals surface area contributed by atoms with E-state index < -0.39 is 0 Å². The number of hydrogen-bond acceptors (Lipinski definition) is 5. The van der Waals surface area contributed by atoms with Crippen molar-refractivity contribution < 1.29 is 9.53 Å². The van der Waals surface area contributed by atoms with Crippen LogP contribution in [-0.4, -0.2) is 42.0 Å². The lowest BCUT2D eigenvalue weighted by Gasteiger charge is -2.31. The number of carbonyl (C=O) groups excluding carboxylic acids is 1. The SMILES string of the molecule is Cc1cccc(NC(=O)C2CCCN(CCOc3ccccc3C#N)C2)n1. The second kappa shape index (κ2) is 9.15. The first-order chi connectivity index (χ1) is 13.2. The Labute approximate surface area is 159 Å². The summed E-state index contributed by atoms with van der Waals surface area (Å²) in [6.45, 7) is 4.79. The first-order valence-corrected chi connectivity index (χ1v) is 9.24. The molecule has 0 spiro atoms. The number of aryl methyl sites for hydroxylation is 1. The third kappa shape index (κ3) is 5.28. The number of nitrogens with zero attached hydrogens (tertiary/aromatic N) is 3. The van der Waals surface area contributed by atoms with Gasteiger partial charge in [0.05, 0.1) is 11.5 Å². The summed E-state index contributed by atoms with van der Waals surface area (Å²) >= 11 is 0. The maximum atomic E-state index is 12.6. The van der Waals surface area contributed by atoms with Crippen molar-refractivity contribution in [2.75, 3.05) is 31.6 Å². The molecule has 1 fully saturated rings. The van der Waals surface area contributed by atoms with Gasteiger partial charge in [0.25, 0.3) is 0 Å². The Hall–Kier alpha value is -2.91. The van der Waals surface area contributed by atoms with Gasteiger partial charge in [-0.05, 0) is 50.6 Å². The van der Waals surface area contributed by atoms with E-state index in [1.165, 1.54) is 0 Å². The molecule has 1 aromatic carbocycles. The third-order valence-electron chi connectivity index (χ3n) is 4.69. The monoisotopic (exact) mass is 364 g/mol. The van der Waals surface area contributed by atoms with Gasteiger partial charge in [0.15, 0.2) is 0 Å². The van der Waals surface area contributed by atoms with E-state index in [0.29, 0.717) is 30.3 Å². The van der Waals surface area contributed by atoms with Crippen molar-refractivity contribution >= 4 is 11.7 Å². The van der Waals surface area contributed by atoms with Crippen molar-refractivity contribution in [2.24, 2.45) is 5.92 Å². The summed E-state index contributed by atoms with van der Waals surface area (Å²) in [6.07, 6.45) is 1.86. The second-order valence-electron chi connectivity index (χ2n) is 6.75. The smallest absolute Gasteiger partial charge is 0.229 e. The van der Waals surface area contributed by atoms with E-state index in [0.717, 1.165) is 31.6 Å².